The van der Waals surface area contributed by atoms with Crippen molar-refractivity contribution in [2.45, 2.75) is 33.2 Å². The van der Waals surface area contributed by atoms with E-state index in [1.54, 1.807) is 0 Å². The highest BCUT2D eigenvalue weighted by Crippen LogP contribution is 2.26. The molecule has 3 N–H and O–H groups in total. The molecule has 4 rings (SSSR count). The predicted molar refractivity (Wildman–Crippen MR) is 141 cm³/mol. The van der Waals surface area contributed by atoms with Crippen molar-refractivity contribution in [1.82, 2.24) is 25.3 Å². The van der Waals surface area contributed by atoms with Gasteiger partial charge < -0.3 is 16.0 Å². The lowest BCUT2D eigenvalue weighted by atomic mass is 10.2. The minimum Gasteiger partial charge on any atom is -0.362 e. The van der Waals surface area contributed by atoms with Gasteiger partial charge in [-0.05, 0) is 18.2 Å². The van der Waals surface area contributed by atoms with Gasteiger partial charge in [-0.25, -0.2) is 23.7 Å². The number of pyridine rings is 1. The summed E-state index contributed by atoms with van der Waals surface area (Å²) in [4.78, 5) is 40.1. The Morgan fingerprint density at radius 1 is 1.13 bits per heavy atom. The second-order valence-electron chi connectivity index (χ2n) is 7.49. The van der Waals surface area contributed by atoms with Crippen molar-refractivity contribution in [1.29, 1.82) is 0 Å². The van der Waals surface area contributed by atoms with Gasteiger partial charge in [0.15, 0.2) is 5.82 Å². The van der Waals surface area contributed by atoms with Crippen molar-refractivity contribution in [3.8, 4) is 0 Å². The van der Waals surface area contributed by atoms with Gasteiger partial charge in [0, 0.05) is 44.3 Å². The van der Waals surface area contributed by atoms with Crippen LogP contribution in [0.1, 0.15) is 31.0 Å². The number of thiazole rings is 1. The number of carbonyl (C=O) groups excluding carboxylic acids is 1. The topological polar surface area (TPSA) is 148 Å². The maximum Gasteiger partial charge on any atom is 0.292 e. The molecule has 0 saturated carbocycles. The number of rotatable bonds is 11. The normalized spacial score (nSPS) is 10.5. The van der Waals surface area contributed by atoms with Crippen molar-refractivity contribution in [3.05, 3.63) is 75.3 Å². The van der Waals surface area contributed by atoms with E-state index < -0.39 is 22.5 Å². The van der Waals surface area contributed by atoms with Crippen LogP contribution in [0.15, 0.2) is 42.9 Å². The monoisotopic (exact) mass is 544 g/mol. The molecule has 38 heavy (non-hydrogen) atoms. The first-order valence-corrected chi connectivity index (χ1v) is 12.6. The summed E-state index contributed by atoms with van der Waals surface area (Å²) in [5, 5.41) is 20.4. The first-order chi connectivity index (χ1) is 18.4. The van der Waals surface area contributed by atoms with Crippen LogP contribution < -0.4 is 16.0 Å². The van der Waals surface area contributed by atoms with E-state index in [1.165, 1.54) is 36.0 Å². The highest BCUT2D eigenvalue weighted by molar-refractivity contribution is 7.18. The Balaban J connectivity index is 0.00000195. The molecule has 0 aliphatic rings. The maximum absolute atomic E-state index is 13.8. The molecule has 3 heterocycles. The Morgan fingerprint density at radius 2 is 1.95 bits per heavy atom. The molecular formula is C24H26F2N8O3S. The van der Waals surface area contributed by atoms with Gasteiger partial charge in [0.2, 0.25) is 5.91 Å². The molecule has 0 saturated heterocycles. The number of hydrogen-bond donors (Lipinski definition) is 3. The van der Waals surface area contributed by atoms with Crippen LogP contribution in [-0.4, -0.2) is 43.9 Å². The molecule has 0 atom stereocenters. The minimum absolute atomic E-state index is 0.0388. The molecule has 0 fully saturated rings. The van der Waals surface area contributed by atoms with Crippen LogP contribution in [-0.2, 0) is 17.8 Å². The largest absolute Gasteiger partial charge is 0.362 e. The minimum atomic E-state index is -0.687. The summed E-state index contributed by atoms with van der Waals surface area (Å²) in [6, 6.07) is 5.73. The van der Waals surface area contributed by atoms with Crippen molar-refractivity contribution in [2.24, 2.45) is 0 Å². The molecule has 0 radical (unpaired) electrons. The van der Waals surface area contributed by atoms with Gasteiger partial charge in [-0.3, -0.25) is 19.9 Å². The van der Waals surface area contributed by atoms with Gasteiger partial charge in [0.05, 0.1) is 22.2 Å². The molecule has 1 aromatic carbocycles. The Labute approximate surface area is 220 Å². The number of amides is 1. The van der Waals surface area contributed by atoms with Crippen LogP contribution in [0.4, 0.5) is 26.0 Å². The Kier molecular flexibility index (Phi) is 10.4. The van der Waals surface area contributed by atoms with Crippen molar-refractivity contribution < 1.29 is 18.5 Å². The van der Waals surface area contributed by atoms with Crippen LogP contribution in [0.25, 0.3) is 10.3 Å². The van der Waals surface area contributed by atoms with Crippen LogP contribution in [0.2, 0.25) is 0 Å². The Bertz CT molecular complexity index is 1400. The number of nitro benzene ring substituents is 1. The van der Waals surface area contributed by atoms with Crippen molar-refractivity contribution in [3.63, 3.8) is 0 Å². The summed E-state index contributed by atoms with van der Waals surface area (Å²) < 4.78 is 27.2. The molecule has 0 unspecified atom stereocenters. The first kappa shape index (κ1) is 28.4. The van der Waals surface area contributed by atoms with E-state index in [1.807, 2.05) is 13.8 Å². The fourth-order valence-corrected chi connectivity index (χ4v) is 4.16. The van der Waals surface area contributed by atoms with E-state index in [9.17, 15) is 23.7 Å². The van der Waals surface area contributed by atoms with Crippen LogP contribution in [0.3, 0.4) is 0 Å². The molecule has 0 bridgehead atoms. The molecule has 200 valence electrons. The molecular weight excluding hydrogens is 518 g/mol. The lowest BCUT2D eigenvalue weighted by molar-refractivity contribution is -0.384. The highest BCUT2D eigenvalue weighted by atomic mass is 32.1. The standard InChI is InChI=1S/C22H20F2N8O3S.C2H6/c23-13-3-4-17(32(34)35)15(10-13)30-18(33)5-8-25-9-6-19-31-20-21(28-12-29-22(20)36-19)27-11-16-14(24)2-1-7-26-16;1-2/h1-4,7,10,12,25H,5-6,8-9,11H2,(H,30,33)(H,27,28,29);1-2H3. The zero-order chi connectivity index (χ0) is 27.5. The van der Waals surface area contributed by atoms with Gasteiger partial charge in [0.25, 0.3) is 5.69 Å². The van der Waals surface area contributed by atoms with E-state index in [-0.39, 0.29) is 30.0 Å². The third-order valence-corrected chi connectivity index (χ3v) is 5.99. The number of halogens is 2. The summed E-state index contributed by atoms with van der Waals surface area (Å²) in [5.41, 5.74) is 0.274. The fraction of sp³-hybridized carbons (Fsp3) is 0.292. The Morgan fingerprint density at radius 3 is 2.71 bits per heavy atom. The number of anilines is 2. The van der Waals surface area contributed by atoms with Crippen LogP contribution in [0.5, 0.6) is 0 Å². The molecule has 14 heteroatoms. The first-order valence-electron chi connectivity index (χ1n) is 11.8. The molecule has 11 nitrogen and oxygen atoms in total. The second kappa shape index (κ2) is 13.9. The lowest BCUT2D eigenvalue weighted by Gasteiger charge is -2.07. The quantitative estimate of drug-likeness (QED) is 0.141. The summed E-state index contributed by atoms with van der Waals surface area (Å²) in [5.74, 6) is -1.10. The summed E-state index contributed by atoms with van der Waals surface area (Å²) in [6.45, 7) is 4.97. The van der Waals surface area contributed by atoms with Crippen LogP contribution >= 0.6 is 11.3 Å². The molecule has 0 aliphatic carbocycles. The number of aromatic nitrogens is 4. The molecule has 0 spiro atoms. The van der Waals surface area contributed by atoms with Gasteiger partial charge in [0.1, 0.15) is 34.0 Å². The van der Waals surface area contributed by atoms with Gasteiger partial charge in [-0.15, -0.1) is 0 Å². The number of fused-ring (bicyclic) bond motifs is 1. The van der Waals surface area contributed by atoms with Gasteiger partial charge >= 0.3 is 0 Å². The number of carbonyl (C=O) groups is 1. The molecule has 0 aliphatic heterocycles. The zero-order valence-corrected chi connectivity index (χ0v) is 21.5. The fourth-order valence-electron chi connectivity index (χ4n) is 3.25. The summed E-state index contributed by atoms with van der Waals surface area (Å²) in [6.07, 6.45) is 3.52. The summed E-state index contributed by atoms with van der Waals surface area (Å²) >= 11 is 1.40. The number of nitrogens with one attached hydrogen (secondary N) is 3. The molecule has 3 aromatic heterocycles. The number of nitrogens with zero attached hydrogens (tertiary/aromatic N) is 5. The van der Waals surface area contributed by atoms with E-state index in [0.29, 0.717) is 35.7 Å². The summed E-state index contributed by atoms with van der Waals surface area (Å²) in [7, 11) is 0. The molecule has 1 amide bonds. The lowest BCUT2D eigenvalue weighted by Crippen LogP contribution is -2.23. The maximum atomic E-state index is 13.8. The number of nitro groups is 1. The highest BCUT2D eigenvalue weighted by Gasteiger charge is 2.17. The Hall–Kier alpha value is -4.17. The van der Waals surface area contributed by atoms with Gasteiger partial charge in [-0.1, -0.05) is 25.2 Å². The SMILES string of the molecule is CC.O=C(CCNCCc1nc2c(NCc3ncccc3F)ncnc2s1)Nc1cc(F)ccc1[N+](=O)[O-]. The zero-order valence-electron chi connectivity index (χ0n) is 20.7. The van der Waals surface area contributed by atoms with Crippen molar-refractivity contribution >= 4 is 44.8 Å². The molecule has 4 aromatic rings. The third kappa shape index (κ3) is 7.66. The van der Waals surface area contributed by atoms with E-state index >= 15 is 0 Å². The number of benzene rings is 1. The number of hydrogen-bond acceptors (Lipinski definition) is 10. The van der Waals surface area contributed by atoms with E-state index in [0.717, 1.165) is 23.2 Å². The van der Waals surface area contributed by atoms with E-state index in [2.05, 4.69) is 35.9 Å². The smallest absolute Gasteiger partial charge is 0.292 e. The van der Waals surface area contributed by atoms with Crippen molar-refractivity contribution in [2.75, 3.05) is 23.7 Å². The van der Waals surface area contributed by atoms with Gasteiger partial charge in [-0.2, -0.15) is 0 Å². The average molecular weight is 545 g/mol. The predicted octanol–water partition coefficient (Wildman–Crippen LogP) is 4.47. The second-order valence-corrected chi connectivity index (χ2v) is 8.55. The third-order valence-electron chi connectivity index (χ3n) is 4.97. The average Bonchev–Trinajstić information content (AvgIpc) is 3.33. The van der Waals surface area contributed by atoms with Crippen LogP contribution in [0, 0.1) is 21.7 Å². The van der Waals surface area contributed by atoms with E-state index in [4.69, 9.17) is 0 Å².